The van der Waals surface area contributed by atoms with E-state index in [-0.39, 0.29) is 18.2 Å². The van der Waals surface area contributed by atoms with E-state index in [1.54, 1.807) is 19.2 Å². The summed E-state index contributed by atoms with van der Waals surface area (Å²) < 4.78 is 10.8. The Morgan fingerprint density at radius 2 is 2.36 bits per heavy atom. The summed E-state index contributed by atoms with van der Waals surface area (Å²) in [6.07, 6.45) is 2.98. The Labute approximate surface area is 136 Å². The topological polar surface area (TPSA) is 59.6 Å². The van der Waals surface area contributed by atoms with Gasteiger partial charge in [0.25, 0.3) is 0 Å². The molecule has 1 aromatic rings. The van der Waals surface area contributed by atoms with Crippen molar-refractivity contribution in [3.05, 3.63) is 28.8 Å². The fourth-order valence-corrected chi connectivity index (χ4v) is 2.90. The van der Waals surface area contributed by atoms with E-state index in [1.807, 2.05) is 13.0 Å². The van der Waals surface area contributed by atoms with Crippen LogP contribution in [0.2, 0.25) is 5.02 Å². The van der Waals surface area contributed by atoms with E-state index in [1.165, 1.54) is 0 Å². The molecule has 2 rings (SSSR count). The number of benzene rings is 1. The molecule has 5 nitrogen and oxygen atoms in total. The lowest BCUT2D eigenvalue weighted by atomic mass is 10.1. The summed E-state index contributed by atoms with van der Waals surface area (Å²) in [5, 5.41) is 6.42. The van der Waals surface area contributed by atoms with Crippen LogP contribution in [0.5, 0.6) is 0 Å². The Bertz CT molecular complexity index is 504. The van der Waals surface area contributed by atoms with Gasteiger partial charge in [-0.2, -0.15) is 0 Å². The number of halogens is 1. The highest BCUT2D eigenvalue weighted by molar-refractivity contribution is 6.31. The number of ether oxygens (including phenoxy) is 2. The maximum Gasteiger partial charge on any atom is 0.319 e. The van der Waals surface area contributed by atoms with Gasteiger partial charge >= 0.3 is 6.03 Å². The maximum absolute atomic E-state index is 12.2. The lowest BCUT2D eigenvalue weighted by molar-refractivity contribution is 0.0804. The number of urea groups is 1. The summed E-state index contributed by atoms with van der Waals surface area (Å²) in [6, 6.07) is 5.16. The molecule has 0 spiro atoms. The molecule has 0 radical (unpaired) electrons. The van der Waals surface area contributed by atoms with Gasteiger partial charge in [-0.3, -0.25) is 0 Å². The number of carbonyl (C=O) groups is 1. The third kappa shape index (κ3) is 4.35. The number of carbonyl (C=O) groups excluding carboxylic acids is 1. The first-order chi connectivity index (χ1) is 10.7. The third-order valence-corrected chi connectivity index (χ3v) is 4.18. The van der Waals surface area contributed by atoms with Crippen molar-refractivity contribution in [2.75, 3.05) is 19.0 Å². The third-order valence-electron chi connectivity index (χ3n) is 3.83. The molecule has 0 saturated carbocycles. The smallest absolute Gasteiger partial charge is 0.319 e. The summed E-state index contributed by atoms with van der Waals surface area (Å²) in [6.45, 7) is 3.16. The average Bonchev–Trinajstić information content (AvgIpc) is 3.02. The number of anilines is 1. The highest BCUT2D eigenvalue weighted by Crippen LogP contribution is 2.25. The molecule has 22 heavy (non-hydrogen) atoms. The van der Waals surface area contributed by atoms with Gasteiger partial charge in [-0.25, -0.2) is 4.79 Å². The zero-order valence-electron chi connectivity index (χ0n) is 13.0. The zero-order chi connectivity index (χ0) is 15.9. The lowest BCUT2D eigenvalue weighted by Gasteiger charge is -2.23. The van der Waals surface area contributed by atoms with E-state index in [0.29, 0.717) is 17.3 Å². The summed E-state index contributed by atoms with van der Waals surface area (Å²) in [7, 11) is 1.59. The number of hydrogen-bond donors (Lipinski definition) is 2. The summed E-state index contributed by atoms with van der Waals surface area (Å²) in [5.74, 6) is 0. The van der Waals surface area contributed by atoms with Crippen LogP contribution >= 0.6 is 11.6 Å². The Morgan fingerprint density at radius 3 is 3.00 bits per heavy atom. The van der Waals surface area contributed by atoms with Crippen molar-refractivity contribution in [3.63, 3.8) is 0 Å². The molecule has 0 bridgehead atoms. The predicted molar refractivity (Wildman–Crippen MR) is 87.4 cm³/mol. The van der Waals surface area contributed by atoms with Crippen molar-refractivity contribution in [2.24, 2.45) is 0 Å². The molecule has 6 heteroatoms. The first kappa shape index (κ1) is 17.1. The zero-order valence-corrected chi connectivity index (χ0v) is 13.8. The molecule has 1 saturated heterocycles. The normalized spacial score (nSPS) is 19.0. The molecule has 2 amide bonds. The van der Waals surface area contributed by atoms with Crippen molar-refractivity contribution in [1.29, 1.82) is 0 Å². The van der Waals surface area contributed by atoms with Crippen LogP contribution in [0.25, 0.3) is 0 Å². The predicted octanol–water partition coefficient (Wildman–Crippen LogP) is 3.57. The maximum atomic E-state index is 12.2. The Balaban J connectivity index is 2.00. The van der Waals surface area contributed by atoms with Crippen LogP contribution in [0.4, 0.5) is 10.5 Å². The molecule has 1 fully saturated rings. The molecule has 0 unspecified atom stereocenters. The largest absolute Gasteiger partial charge is 0.380 e. The quantitative estimate of drug-likeness (QED) is 0.840. The number of methoxy groups -OCH3 is 1. The Morgan fingerprint density at radius 1 is 1.55 bits per heavy atom. The van der Waals surface area contributed by atoms with Crippen LogP contribution in [-0.4, -0.2) is 31.9 Å². The van der Waals surface area contributed by atoms with Gasteiger partial charge in [0.15, 0.2) is 0 Å². The number of rotatable bonds is 6. The first-order valence-electron chi connectivity index (χ1n) is 7.61. The van der Waals surface area contributed by atoms with Gasteiger partial charge in [0, 0.05) is 30.0 Å². The van der Waals surface area contributed by atoms with Gasteiger partial charge < -0.3 is 20.1 Å². The fraction of sp³-hybridized carbons (Fsp3) is 0.562. The van der Waals surface area contributed by atoms with Crippen molar-refractivity contribution in [3.8, 4) is 0 Å². The monoisotopic (exact) mass is 326 g/mol. The first-order valence-corrected chi connectivity index (χ1v) is 7.99. The van der Waals surface area contributed by atoms with Gasteiger partial charge in [0.1, 0.15) is 0 Å². The molecule has 1 aliphatic heterocycles. The molecule has 2 atom stereocenters. The van der Waals surface area contributed by atoms with E-state index in [4.69, 9.17) is 21.1 Å². The van der Waals surface area contributed by atoms with Crippen LogP contribution in [0.1, 0.15) is 31.7 Å². The average molecular weight is 327 g/mol. The summed E-state index contributed by atoms with van der Waals surface area (Å²) in [5.41, 5.74) is 1.43. The van der Waals surface area contributed by atoms with Crippen LogP contribution in [0.3, 0.4) is 0 Å². The molecule has 1 aromatic carbocycles. The fourth-order valence-electron chi connectivity index (χ4n) is 2.67. The van der Waals surface area contributed by atoms with E-state index >= 15 is 0 Å². The van der Waals surface area contributed by atoms with Crippen molar-refractivity contribution in [2.45, 2.75) is 44.9 Å². The summed E-state index contributed by atoms with van der Waals surface area (Å²) in [4.78, 5) is 12.2. The van der Waals surface area contributed by atoms with Gasteiger partial charge in [-0.05, 0) is 31.4 Å². The van der Waals surface area contributed by atoms with Crippen molar-refractivity contribution >= 4 is 23.3 Å². The van der Waals surface area contributed by atoms with Crippen LogP contribution in [0, 0.1) is 0 Å². The molecule has 122 valence electrons. The van der Waals surface area contributed by atoms with Crippen molar-refractivity contribution < 1.29 is 14.3 Å². The van der Waals surface area contributed by atoms with Gasteiger partial charge in [0.05, 0.1) is 18.8 Å². The molecule has 0 aromatic heterocycles. The Kier molecular flexibility index (Phi) is 6.49. The van der Waals surface area contributed by atoms with E-state index in [0.717, 1.165) is 31.4 Å². The number of nitrogens with one attached hydrogen (secondary N) is 2. The second kappa shape index (κ2) is 8.36. The minimum absolute atomic E-state index is 0.0209. The van der Waals surface area contributed by atoms with Crippen LogP contribution in [0.15, 0.2) is 18.2 Å². The van der Waals surface area contributed by atoms with Crippen LogP contribution in [-0.2, 0) is 16.1 Å². The molecule has 2 N–H and O–H groups in total. The SMILES string of the molecule is CC[C@@H](NC(=O)Nc1cccc(Cl)c1COC)[C@H]1CCCO1. The second-order valence-electron chi connectivity index (χ2n) is 5.36. The van der Waals surface area contributed by atoms with Crippen LogP contribution < -0.4 is 10.6 Å². The highest BCUT2D eigenvalue weighted by atomic mass is 35.5. The number of hydrogen-bond acceptors (Lipinski definition) is 3. The highest BCUT2D eigenvalue weighted by Gasteiger charge is 2.26. The lowest BCUT2D eigenvalue weighted by Crippen LogP contribution is -2.44. The standard InChI is InChI=1S/C16H23ClN2O3/c1-3-13(15-8-5-9-22-15)18-16(20)19-14-7-4-6-12(17)11(14)10-21-2/h4,6-7,13,15H,3,5,8-10H2,1-2H3,(H2,18,19,20)/t13-,15-/m1/s1. The minimum atomic E-state index is -0.248. The minimum Gasteiger partial charge on any atom is -0.380 e. The molecule has 1 heterocycles. The summed E-state index contributed by atoms with van der Waals surface area (Å²) >= 11 is 6.16. The Hall–Kier alpha value is -1.30. The van der Waals surface area contributed by atoms with Gasteiger partial charge in [0.2, 0.25) is 0 Å². The molecule has 1 aliphatic rings. The molecule has 0 aliphatic carbocycles. The van der Waals surface area contributed by atoms with E-state index in [9.17, 15) is 4.79 Å². The molecular formula is C16H23ClN2O3. The molecular weight excluding hydrogens is 304 g/mol. The second-order valence-corrected chi connectivity index (χ2v) is 5.77. The van der Waals surface area contributed by atoms with Gasteiger partial charge in [-0.1, -0.05) is 24.6 Å². The van der Waals surface area contributed by atoms with E-state index in [2.05, 4.69) is 10.6 Å². The number of amides is 2. The van der Waals surface area contributed by atoms with Crippen molar-refractivity contribution in [1.82, 2.24) is 5.32 Å². The van der Waals surface area contributed by atoms with E-state index < -0.39 is 0 Å². The van der Waals surface area contributed by atoms with Gasteiger partial charge in [-0.15, -0.1) is 0 Å².